The minimum absolute atomic E-state index is 0.0192. The summed E-state index contributed by atoms with van der Waals surface area (Å²) in [5.41, 5.74) is 0. The van der Waals surface area contributed by atoms with Crippen LogP contribution in [-0.4, -0.2) is 75.5 Å². The van der Waals surface area contributed by atoms with Crippen LogP contribution in [0.25, 0.3) is 0 Å². The monoisotopic (exact) mass is 716 g/mol. The summed E-state index contributed by atoms with van der Waals surface area (Å²) in [5.74, 6) is -1.82. The maximum absolute atomic E-state index is 12.6. The Bertz CT molecular complexity index is 1020. The molecule has 8 nitrogen and oxygen atoms in total. The van der Waals surface area contributed by atoms with E-state index in [1.807, 2.05) is 0 Å². The van der Waals surface area contributed by atoms with Crippen molar-refractivity contribution in [2.24, 2.45) is 0 Å². The number of carboxylic acid groups (broad SMARTS) is 1. The molecule has 0 aliphatic rings. The molecular weight excluding hydrogens is 642 g/mol. The van der Waals surface area contributed by atoms with Crippen molar-refractivity contribution in [2.45, 2.75) is 154 Å². The Morgan fingerprint density at radius 1 is 0.627 bits per heavy atom. The van der Waals surface area contributed by atoms with Crippen molar-refractivity contribution in [2.75, 3.05) is 41.0 Å². The number of carboxylic acids is 1. The summed E-state index contributed by atoms with van der Waals surface area (Å²) in [7, 11) is 5.37. The third kappa shape index (κ3) is 32.7. The number of carbonyl (C=O) groups is 3. The van der Waals surface area contributed by atoms with Crippen molar-refractivity contribution >= 4 is 17.9 Å². The number of hydrogen-bond donors (Lipinski definition) is 0. The van der Waals surface area contributed by atoms with Gasteiger partial charge in [-0.3, -0.25) is 9.59 Å². The molecule has 0 N–H and O–H groups in total. The maximum atomic E-state index is 12.6. The molecule has 51 heavy (non-hydrogen) atoms. The summed E-state index contributed by atoms with van der Waals surface area (Å²) in [6.07, 6.45) is 39.7. The van der Waals surface area contributed by atoms with Crippen LogP contribution in [-0.2, 0) is 28.6 Å². The fraction of sp³-hybridized carbons (Fsp3) is 0.698. The molecule has 2 atom stereocenters. The minimum Gasteiger partial charge on any atom is -0.544 e. The first-order chi connectivity index (χ1) is 24.6. The van der Waals surface area contributed by atoms with Gasteiger partial charge in [0.15, 0.2) is 6.10 Å². The first kappa shape index (κ1) is 48.0. The van der Waals surface area contributed by atoms with Gasteiger partial charge >= 0.3 is 11.9 Å². The molecule has 0 aromatic heterocycles. The van der Waals surface area contributed by atoms with E-state index in [2.05, 4.69) is 74.6 Å². The van der Waals surface area contributed by atoms with Crippen LogP contribution in [0, 0.1) is 0 Å². The highest BCUT2D eigenvalue weighted by Gasteiger charge is 2.25. The highest BCUT2D eigenvalue weighted by Crippen LogP contribution is 2.12. The molecule has 8 heteroatoms. The zero-order chi connectivity index (χ0) is 37.8. The van der Waals surface area contributed by atoms with Crippen molar-refractivity contribution in [3.8, 4) is 0 Å². The molecule has 0 saturated heterocycles. The second-order valence-corrected chi connectivity index (χ2v) is 14.2. The molecule has 0 radical (unpaired) electrons. The van der Waals surface area contributed by atoms with E-state index >= 15 is 0 Å². The average molecular weight is 716 g/mol. The molecular formula is C43H73NO7. The molecule has 0 rings (SSSR count). The van der Waals surface area contributed by atoms with Crippen LogP contribution in [0.4, 0.5) is 0 Å². The molecule has 0 saturated carbocycles. The fourth-order valence-corrected chi connectivity index (χ4v) is 5.34. The van der Waals surface area contributed by atoms with Gasteiger partial charge in [0, 0.05) is 19.3 Å². The fourth-order valence-electron chi connectivity index (χ4n) is 5.34. The van der Waals surface area contributed by atoms with E-state index in [0.29, 0.717) is 6.42 Å². The van der Waals surface area contributed by atoms with Gasteiger partial charge in [0.2, 0.25) is 0 Å². The highest BCUT2D eigenvalue weighted by molar-refractivity contribution is 5.70. The minimum atomic E-state index is -1.14. The van der Waals surface area contributed by atoms with Gasteiger partial charge in [-0.2, -0.15) is 0 Å². The molecule has 0 aromatic carbocycles. The van der Waals surface area contributed by atoms with E-state index in [-0.39, 0.29) is 49.1 Å². The SMILES string of the molecule is CC/C=C/C/C=C/CCCCC(=O)OCC(COCCC(C(=O)[O-])[N+](C)(C)C)OC(=O)CCCCCCC/C=C/C=C/C=C/CCCCCCC. The number of likely N-dealkylation sites (N-methyl/N-ethyl adjacent to an activating group) is 1. The number of quaternary nitrogens is 1. The lowest BCUT2D eigenvalue weighted by Crippen LogP contribution is -2.55. The molecule has 0 aromatic rings. The van der Waals surface area contributed by atoms with Crippen LogP contribution in [0.15, 0.2) is 60.8 Å². The Kier molecular flexibility index (Phi) is 32.1. The smallest absolute Gasteiger partial charge is 0.306 e. The van der Waals surface area contributed by atoms with Gasteiger partial charge in [0.1, 0.15) is 12.6 Å². The first-order valence-corrected chi connectivity index (χ1v) is 19.8. The first-order valence-electron chi connectivity index (χ1n) is 19.8. The molecule has 0 spiro atoms. The van der Waals surface area contributed by atoms with Gasteiger partial charge in [0.25, 0.3) is 0 Å². The van der Waals surface area contributed by atoms with Crippen molar-refractivity contribution in [1.82, 2.24) is 0 Å². The van der Waals surface area contributed by atoms with Crippen molar-refractivity contribution in [3.63, 3.8) is 0 Å². The summed E-state index contributed by atoms with van der Waals surface area (Å²) in [5, 5.41) is 11.6. The van der Waals surface area contributed by atoms with E-state index in [1.165, 1.54) is 32.1 Å². The number of nitrogens with zero attached hydrogens (tertiary/aromatic N) is 1. The summed E-state index contributed by atoms with van der Waals surface area (Å²) in [4.78, 5) is 36.6. The van der Waals surface area contributed by atoms with Gasteiger partial charge < -0.3 is 28.6 Å². The molecule has 0 heterocycles. The lowest BCUT2D eigenvalue weighted by molar-refractivity contribution is -0.889. The van der Waals surface area contributed by atoms with Crippen LogP contribution in [0.1, 0.15) is 142 Å². The topological polar surface area (TPSA) is 102 Å². The van der Waals surface area contributed by atoms with Crippen molar-refractivity contribution < 1.29 is 38.2 Å². The van der Waals surface area contributed by atoms with Gasteiger partial charge in [0.05, 0.1) is 40.3 Å². The standard InChI is InChI=1S/C43H73NO7/c1-6-8-10-12-14-16-17-18-19-20-21-22-23-24-26-28-30-32-34-42(46)51-39(37-49-36-35-40(43(47)48)44(3,4)5)38-50-41(45)33-31-29-27-25-15-13-11-9-7-2/h9,11,15,17-22,25,39-40H,6-8,10,12-14,16,23-24,26-38H2,1-5H3/b11-9+,18-17+,20-19+,22-21+,25-15+. The molecule has 2 unspecified atom stereocenters. The number of rotatable bonds is 34. The summed E-state index contributed by atoms with van der Waals surface area (Å²) < 4.78 is 17.0. The number of carbonyl (C=O) groups excluding carboxylic acids is 3. The van der Waals surface area contributed by atoms with Crippen LogP contribution in [0.3, 0.4) is 0 Å². The molecule has 0 aliphatic heterocycles. The van der Waals surface area contributed by atoms with Crippen LogP contribution >= 0.6 is 0 Å². The lowest BCUT2D eigenvalue weighted by Gasteiger charge is -2.34. The molecule has 292 valence electrons. The van der Waals surface area contributed by atoms with E-state index in [0.717, 1.165) is 77.0 Å². The van der Waals surface area contributed by atoms with E-state index < -0.39 is 18.1 Å². The van der Waals surface area contributed by atoms with Gasteiger partial charge in [-0.1, -0.05) is 120 Å². The van der Waals surface area contributed by atoms with Crippen LogP contribution < -0.4 is 5.11 Å². The van der Waals surface area contributed by atoms with Crippen LogP contribution in [0.2, 0.25) is 0 Å². The van der Waals surface area contributed by atoms with E-state index in [4.69, 9.17) is 14.2 Å². The summed E-state index contributed by atoms with van der Waals surface area (Å²) in [6, 6.07) is -0.735. The predicted octanol–water partition coefficient (Wildman–Crippen LogP) is 8.91. The zero-order valence-corrected chi connectivity index (χ0v) is 33.0. The highest BCUT2D eigenvalue weighted by atomic mass is 16.6. The molecule has 0 amide bonds. The number of ether oxygens (including phenoxy) is 3. The second-order valence-electron chi connectivity index (χ2n) is 14.2. The largest absolute Gasteiger partial charge is 0.544 e. The predicted molar refractivity (Wildman–Crippen MR) is 208 cm³/mol. The Labute approximate surface area is 311 Å². The Hall–Kier alpha value is -2.97. The number of hydrogen-bond acceptors (Lipinski definition) is 7. The molecule has 0 fully saturated rings. The second kappa shape index (κ2) is 34.1. The van der Waals surface area contributed by atoms with Crippen molar-refractivity contribution in [3.05, 3.63) is 60.8 Å². The maximum Gasteiger partial charge on any atom is 0.306 e. The molecule has 0 aliphatic carbocycles. The third-order valence-corrected chi connectivity index (χ3v) is 8.45. The Morgan fingerprint density at radius 3 is 1.80 bits per heavy atom. The van der Waals surface area contributed by atoms with Gasteiger partial charge in [-0.25, -0.2) is 0 Å². The zero-order valence-electron chi connectivity index (χ0n) is 33.0. The third-order valence-electron chi connectivity index (χ3n) is 8.45. The van der Waals surface area contributed by atoms with E-state index in [9.17, 15) is 19.5 Å². The molecule has 0 bridgehead atoms. The Balaban J connectivity index is 4.45. The summed E-state index contributed by atoms with van der Waals surface area (Å²) >= 11 is 0. The van der Waals surface area contributed by atoms with Crippen LogP contribution in [0.5, 0.6) is 0 Å². The normalized spacial score (nSPS) is 13.7. The van der Waals surface area contributed by atoms with Gasteiger partial charge in [-0.05, 0) is 64.2 Å². The average Bonchev–Trinajstić information content (AvgIpc) is 3.08. The summed E-state index contributed by atoms with van der Waals surface area (Å²) in [6.45, 7) is 4.43. The Morgan fingerprint density at radius 2 is 1.18 bits per heavy atom. The number of aliphatic carboxylic acids is 1. The number of allylic oxidation sites excluding steroid dienone is 10. The van der Waals surface area contributed by atoms with Gasteiger partial charge in [-0.15, -0.1) is 0 Å². The van der Waals surface area contributed by atoms with E-state index in [1.54, 1.807) is 21.1 Å². The number of esters is 2. The number of unbranched alkanes of at least 4 members (excludes halogenated alkanes) is 12. The lowest BCUT2D eigenvalue weighted by atomic mass is 10.1. The van der Waals surface area contributed by atoms with Crippen molar-refractivity contribution in [1.29, 1.82) is 0 Å². The quantitative estimate of drug-likeness (QED) is 0.0216.